The van der Waals surface area contributed by atoms with Gasteiger partial charge < -0.3 is 59.1 Å². The van der Waals surface area contributed by atoms with Crippen LogP contribution in [0.4, 0.5) is 29.7 Å². The maximum atomic E-state index is 16.9. The van der Waals surface area contributed by atoms with E-state index in [-0.39, 0.29) is 41.7 Å². The standard InChI is InChI=1S/C57H68F2N10O8/c1-32(74-3)49(64-56(72)76-5)54(70)67-24-10-14-47(67)52-60-41-18-16-36(28-43(41)62-52)45-20-21-46(69(45)38-30-39(58)51(40(59)31-38)66-26-22-35(23-27-66)34-12-8-7-9-13-34)37-17-19-42-44(29-37)63-53(61-42)48-15-11-25-68(48)55(71)50(33(2)75-4)65-57(73)77-6/h7-9,12-13,16-19,28-33,35,45-50H,10-11,14-15,20-27H2,1-6H3,(H,60,62)(H,61,63)(H,64,72)(H,65,73)/t32-,33-,45-,46-,47+,48+,49+,50+/m1/s1. The maximum Gasteiger partial charge on any atom is 0.407 e. The van der Waals surface area contributed by atoms with Crippen LogP contribution in [0.25, 0.3) is 22.1 Å². The Labute approximate surface area is 446 Å². The Kier molecular flexibility index (Phi) is 15.7. The fraction of sp³-hybridized carbons (Fsp3) is 0.474. The summed E-state index contributed by atoms with van der Waals surface area (Å²) in [6.07, 6.45) is 2.89. The molecule has 18 nitrogen and oxygen atoms in total. The number of benzene rings is 4. The van der Waals surface area contributed by atoms with Gasteiger partial charge in [-0.1, -0.05) is 42.5 Å². The minimum atomic E-state index is -0.980. The van der Waals surface area contributed by atoms with Gasteiger partial charge >= 0.3 is 12.2 Å². The van der Waals surface area contributed by atoms with E-state index in [0.717, 1.165) is 47.8 Å². The SMILES string of the molecule is COC(=O)N[C@H](C(=O)N1CCC[C@H]1c1nc2cc([C@H]3CC[C@H](c4ccc5[nH]c([C@@H]6CCCN6C(=O)[C@@H](NC(=O)OC)[C@@H](C)OC)nc5c4)N3c3cc(F)c(N4CCC(c5ccccc5)CC4)c(F)c3)ccc2[nH]1)[C@@H](C)OC. The normalized spacial score (nSPS) is 21.6. The van der Waals surface area contributed by atoms with Crippen LogP contribution in [-0.2, 0) is 28.5 Å². The first-order valence-corrected chi connectivity index (χ1v) is 26.7. The van der Waals surface area contributed by atoms with Gasteiger partial charge in [0.05, 0.1) is 72.7 Å². The second-order valence-electron chi connectivity index (χ2n) is 20.7. The van der Waals surface area contributed by atoms with Crippen LogP contribution < -0.4 is 20.4 Å². The molecule has 4 N–H and O–H groups in total. The molecule has 0 spiro atoms. The molecule has 6 heterocycles. The van der Waals surface area contributed by atoms with Crippen LogP contribution in [-0.4, -0.2) is 133 Å². The molecule has 4 aliphatic rings. The molecule has 0 radical (unpaired) electrons. The highest BCUT2D eigenvalue weighted by Gasteiger charge is 2.42. The summed E-state index contributed by atoms with van der Waals surface area (Å²) >= 11 is 0. The van der Waals surface area contributed by atoms with Crippen LogP contribution >= 0.6 is 0 Å². The predicted molar refractivity (Wildman–Crippen MR) is 285 cm³/mol. The molecule has 4 aromatic carbocycles. The van der Waals surface area contributed by atoms with Crippen LogP contribution in [0, 0.1) is 11.6 Å². The first-order valence-electron chi connectivity index (χ1n) is 26.7. The monoisotopic (exact) mass is 1060 g/mol. The van der Waals surface area contributed by atoms with Crippen LogP contribution in [0.2, 0.25) is 0 Å². The van der Waals surface area contributed by atoms with Crippen molar-refractivity contribution in [3.8, 4) is 0 Å². The van der Waals surface area contributed by atoms with Crippen molar-refractivity contribution >= 4 is 57.4 Å². The number of ether oxygens (including phenoxy) is 4. The van der Waals surface area contributed by atoms with Gasteiger partial charge in [0.15, 0.2) is 11.6 Å². The topological polar surface area (TPSA) is 200 Å². The molecule has 0 bridgehead atoms. The summed E-state index contributed by atoms with van der Waals surface area (Å²) in [7, 11) is 5.45. The van der Waals surface area contributed by atoms with E-state index in [1.807, 2.05) is 59.5 Å². The number of alkyl carbamates (subject to hydrolysis) is 2. The first-order chi connectivity index (χ1) is 37.3. The summed E-state index contributed by atoms with van der Waals surface area (Å²) in [5.74, 6) is -0.329. The van der Waals surface area contributed by atoms with Crippen LogP contribution in [0.5, 0.6) is 0 Å². The number of halogens is 2. The number of hydrogen-bond donors (Lipinski definition) is 4. The van der Waals surface area contributed by atoms with Crippen LogP contribution in [0.15, 0.2) is 78.9 Å². The molecular weight excluding hydrogens is 991 g/mol. The molecule has 4 fully saturated rings. The van der Waals surface area contributed by atoms with Gasteiger partial charge in [0.1, 0.15) is 29.4 Å². The van der Waals surface area contributed by atoms with E-state index in [1.165, 1.54) is 46.1 Å². The zero-order valence-corrected chi connectivity index (χ0v) is 44.4. The van der Waals surface area contributed by atoms with Gasteiger partial charge in [-0.25, -0.2) is 28.3 Å². The fourth-order valence-corrected chi connectivity index (χ4v) is 12.2. The van der Waals surface area contributed by atoms with Gasteiger partial charge in [0, 0.05) is 46.1 Å². The van der Waals surface area contributed by atoms with Crippen molar-refractivity contribution in [3.63, 3.8) is 0 Å². The molecule has 77 heavy (non-hydrogen) atoms. The Morgan fingerprint density at radius 3 is 1.49 bits per heavy atom. The quantitative estimate of drug-likeness (QED) is 0.0762. The van der Waals surface area contributed by atoms with Gasteiger partial charge in [0.25, 0.3) is 0 Å². The number of carbonyl (C=O) groups excluding carboxylic acids is 4. The van der Waals surface area contributed by atoms with E-state index < -0.39 is 48.1 Å². The predicted octanol–water partition coefficient (Wildman–Crippen LogP) is 9.03. The molecule has 10 rings (SSSR count). The fourth-order valence-electron chi connectivity index (χ4n) is 12.2. The third-order valence-electron chi connectivity index (χ3n) is 16.4. The number of nitrogens with zero attached hydrogens (tertiary/aromatic N) is 6. The zero-order valence-electron chi connectivity index (χ0n) is 44.4. The lowest BCUT2D eigenvalue weighted by Gasteiger charge is -2.36. The van der Waals surface area contributed by atoms with E-state index in [4.69, 9.17) is 28.9 Å². The van der Waals surface area contributed by atoms with Crippen molar-refractivity contribution < 1.29 is 46.9 Å². The Hall–Kier alpha value is -7.32. The van der Waals surface area contributed by atoms with Crippen molar-refractivity contribution in [2.45, 2.75) is 120 Å². The summed E-state index contributed by atoms with van der Waals surface area (Å²) in [5, 5.41) is 5.28. The molecule has 0 unspecified atom stereocenters. The number of amides is 4. The minimum Gasteiger partial charge on any atom is -0.453 e. The molecule has 6 aromatic rings. The second kappa shape index (κ2) is 22.7. The number of hydrogen-bond acceptors (Lipinski definition) is 12. The number of fused-ring (bicyclic) bond motifs is 2. The van der Waals surface area contributed by atoms with Crippen molar-refractivity contribution in [2.24, 2.45) is 0 Å². The summed E-state index contributed by atoms with van der Waals surface area (Å²) in [5.41, 5.74) is 6.31. The summed E-state index contributed by atoms with van der Waals surface area (Å²) in [6, 6.07) is 21.8. The lowest BCUT2D eigenvalue weighted by atomic mass is 9.89. The molecule has 4 saturated heterocycles. The number of anilines is 2. The summed E-state index contributed by atoms with van der Waals surface area (Å²) in [4.78, 5) is 77.2. The third kappa shape index (κ3) is 10.6. The number of likely N-dealkylation sites (tertiary alicyclic amines) is 2. The van der Waals surface area contributed by atoms with Gasteiger partial charge in [-0.2, -0.15) is 0 Å². The summed E-state index contributed by atoms with van der Waals surface area (Å²) < 4.78 is 54.3. The van der Waals surface area contributed by atoms with Gasteiger partial charge in [-0.3, -0.25) is 9.59 Å². The number of rotatable bonds is 15. The van der Waals surface area contributed by atoms with Crippen LogP contribution in [0.1, 0.15) is 124 Å². The largest absolute Gasteiger partial charge is 0.453 e. The van der Waals surface area contributed by atoms with Crippen molar-refractivity contribution in [2.75, 3.05) is 64.4 Å². The Morgan fingerprint density at radius 1 is 0.584 bits per heavy atom. The van der Waals surface area contributed by atoms with E-state index >= 15 is 8.78 Å². The second-order valence-corrected chi connectivity index (χ2v) is 20.7. The molecule has 2 aromatic heterocycles. The first kappa shape index (κ1) is 53.1. The van der Waals surface area contributed by atoms with E-state index in [2.05, 4.69) is 37.6 Å². The minimum absolute atomic E-state index is 0.0180. The molecule has 20 heteroatoms. The number of carbonyl (C=O) groups is 4. The van der Waals surface area contributed by atoms with Crippen molar-refractivity contribution in [3.05, 3.63) is 119 Å². The number of H-pyrrole nitrogens is 2. The maximum absolute atomic E-state index is 16.9. The Morgan fingerprint density at radius 2 is 1.05 bits per heavy atom. The van der Waals surface area contributed by atoms with Gasteiger partial charge in [-0.05, 0) is 124 Å². The zero-order chi connectivity index (χ0) is 54.1. The number of nitrogens with one attached hydrogen (secondary N) is 4. The van der Waals surface area contributed by atoms with E-state index in [1.54, 1.807) is 23.6 Å². The third-order valence-corrected chi connectivity index (χ3v) is 16.4. The highest BCUT2D eigenvalue weighted by atomic mass is 19.1. The highest BCUT2D eigenvalue weighted by Crippen LogP contribution is 2.49. The molecule has 0 saturated carbocycles. The molecule has 4 amide bonds. The number of aromatic nitrogens is 4. The molecule has 408 valence electrons. The number of aromatic amines is 2. The molecule has 4 aliphatic heterocycles. The van der Waals surface area contributed by atoms with Gasteiger partial charge in [-0.15, -0.1) is 0 Å². The van der Waals surface area contributed by atoms with Crippen molar-refractivity contribution in [1.82, 2.24) is 40.4 Å². The molecule has 8 atom stereocenters. The van der Waals surface area contributed by atoms with E-state index in [9.17, 15) is 19.2 Å². The van der Waals surface area contributed by atoms with Crippen molar-refractivity contribution in [1.29, 1.82) is 0 Å². The number of piperidine rings is 1. The lowest BCUT2D eigenvalue weighted by molar-refractivity contribution is -0.138. The van der Waals surface area contributed by atoms with Gasteiger partial charge in [0.2, 0.25) is 11.8 Å². The Bertz CT molecular complexity index is 2940. The average Bonchev–Trinajstić information content (AvgIpc) is 4.34. The average molecular weight is 1060 g/mol. The number of imidazole rings is 2. The highest BCUT2D eigenvalue weighted by molar-refractivity contribution is 5.88. The lowest BCUT2D eigenvalue weighted by Crippen LogP contribution is -2.54. The number of methoxy groups -OCH3 is 4. The van der Waals surface area contributed by atoms with E-state index in [0.29, 0.717) is 86.1 Å². The Balaban J connectivity index is 0.965. The molecule has 0 aliphatic carbocycles. The van der Waals surface area contributed by atoms with Crippen LogP contribution in [0.3, 0.4) is 0 Å². The molecular formula is C57H68F2N10O8. The smallest absolute Gasteiger partial charge is 0.407 e. The summed E-state index contributed by atoms with van der Waals surface area (Å²) in [6.45, 7) is 5.40.